The van der Waals surface area contributed by atoms with Crippen molar-refractivity contribution in [2.75, 3.05) is 6.61 Å². The molecule has 0 saturated carbocycles. The maximum absolute atomic E-state index is 6.09. The normalized spacial score (nSPS) is 11.2. The number of hydrogen-bond acceptors (Lipinski definition) is 5. The van der Waals surface area contributed by atoms with Crippen molar-refractivity contribution >= 4 is 17.0 Å². The van der Waals surface area contributed by atoms with Gasteiger partial charge in [-0.05, 0) is 47.0 Å². The summed E-state index contributed by atoms with van der Waals surface area (Å²) in [4.78, 5) is 0. The van der Waals surface area contributed by atoms with Gasteiger partial charge in [-0.25, -0.2) is 4.68 Å². The van der Waals surface area contributed by atoms with Crippen molar-refractivity contribution in [3.05, 3.63) is 84.4 Å². The first-order valence-corrected chi connectivity index (χ1v) is 9.09. The molecule has 0 atom stereocenters. The van der Waals surface area contributed by atoms with E-state index in [1.807, 2.05) is 37.3 Å². The molecule has 28 heavy (non-hydrogen) atoms. The molecule has 0 spiro atoms. The maximum Gasteiger partial charge on any atom is 0.161 e. The molecule has 0 aliphatic heterocycles. The molecular weight excluding hydrogens is 352 g/mol. The van der Waals surface area contributed by atoms with Crippen molar-refractivity contribution in [1.82, 2.24) is 14.9 Å². The highest BCUT2D eigenvalue weighted by molar-refractivity contribution is 5.85. The topological polar surface area (TPSA) is 61.5 Å². The van der Waals surface area contributed by atoms with Gasteiger partial charge in [0, 0.05) is 0 Å². The summed E-state index contributed by atoms with van der Waals surface area (Å²) in [7, 11) is 0. The predicted octanol–water partition coefficient (Wildman–Crippen LogP) is 4.29. The Balaban J connectivity index is 1.55. The third-order valence-electron chi connectivity index (χ3n) is 4.28. The van der Waals surface area contributed by atoms with Crippen LogP contribution in [0.5, 0.6) is 11.5 Å². The van der Waals surface area contributed by atoms with Gasteiger partial charge in [-0.15, -0.1) is 10.2 Å². The molecule has 0 bridgehead atoms. The summed E-state index contributed by atoms with van der Waals surface area (Å²) in [6.45, 7) is 2.97. The first-order chi connectivity index (χ1) is 13.8. The van der Waals surface area contributed by atoms with E-state index in [9.17, 15) is 0 Å². The highest BCUT2D eigenvalue weighted by Crippen LogP contribution is 2.30. The Morgan fingerprint density at radius 3 is 2.61 bits per heavy atom. The minimum Gasteiger partial charge on any atom is -0.490 e. The van der Waals surface area contributed by atoms with Crippen LogP contribution in [0.3, 0.4) is 0 Å². The van der Waals surface area contributed by atoms with E-state index in [1.54, 1.807) is 6.21 Å². The van der Waals surface area contributed by atoms with Crippen LogP contribution in [0, 0.1) is 0 Å². The zero-order valence-corrected chi connectivity index (χ0v) is 15.5. The predicted molar refractivity (Wildman–Crippen MR) is 109 cm³/mol. The molecule has 4 aromatic rings. The lowest BCUT2D eigenvalue weighted by Crippen LogP contribution is -2.01. The van der Waals surface area contributed by atoms with Crippen LogP contribution in [-0.4, -0.2) is 27.7 Å². The average Bonchev–Trinajstić information content (AvgIpc) is 3.25. The molecule has 0 aliphatic carbocycles. The van der Waals surface area contributed by atoms with Gasteiger partial charge in [0.25, 0.3) is 0 Å². The van der Waals surface area contributed by atoms with Crippen molar-refractivity contribution in [2.45, 2.75) is 13.5 Å². The minimum atomic E-state index is 0.468. The van der Waals surface area contributed by atoms with E-state index >= 15 is 0 Å². The molecule has 0 saturated heterocycles. The summed E-state index contributed by atoms with van der Waals surface area (Å²) in [6.07, 6.45) is 4.78. The first-order valence-electron chi connectivity index (χ1n) is 9.09. The largest absolute Gasteiger partial charge is 0.490 e. The monoisotopic (exact) mass is 372 g/mol. The number of fused-ring (bicyclic) bond motifs is 1. The lowest BCUT2D eigenvalue weighted by atomic mass is 10.1. The van der Waals surface area contributed by atoms with Crippen LogP contribution in [0.25, 0.3) is 10.8 Å². The quantitative estimate of drug-likeness (QED) is 0.454. The Bertz CT molecular complexity index is 1090. The summed E-state index contributed by atoms with van der Waals surface area (Å²) in [5, 5.41) is 14.1. The number of aromatic nitrogens is 3. The molecule has 6 nitrogen and oxygen atoms in total. The second-order valence-corrected chi connectivity index (χ2v) is 6.15. The molecule has 140 valence electrons. The second kappa shape index (κ2) is 8.35. The molecule has 1 aromatic heterocycles. The van der Waals surface area contributed by atoms with Gasteiger partial charge in [0.2, 0.25) is 0 Å². The number of benzene rings is 3. The van der Waals surface area contributed by atoms with Gasteiger partial charge in [0.05, 0.1) is 12.8 Å². The standard InChI is InChI=1S/C22H20N4O2/c1-2-27-22-12-17(13-25-26-15-23-24-16-26)10-11-21(22)28-14-19-8-5-7-18-6-3-4-9-20(18)19/h3-13,15-16H,2,14H2,1H3/b25-13+. The van der Waals surface area contributed by atoms with E-state index in [0.717, 1.165) is 11.1 Å². The average molecular weight is 372 g/mol. The molecular formula is C22H20N4O2. The fraction of sp³-hybridized carbons (Fsp3) is 0.136. The summed E-state index contributed by atoms with van der Waals surface area (Å²) < 4.78 is 13.4. The molecule has 0 N–H and O–H groups in total. The zero-order chi connectivity index (χ0) is 19.2. The Labute approximate surface area is 163 Å². The van der Waals surface area contributed by atoms with Gasteiger partial charge in [-0.3, -0.25) is 0 Å². The van der Waals surface area contributed by atoms with E-state index in [2.05, 4.69) is 45.6 Å². The van der Waals surface area contributed by atoms with Crippen LogP contribution >= 0.6 is 0 Å². The molecule has 1 heterocycles. The third kappa shape index (κ3) is 4.01. The molecule has 4 rings (SSSR count). The van der Waals surface area contributed by atoms with Gasteiger partial charge < -0.3 is 9.47 Å². The van der Waals surface area contributed by atoms with Crippen LogP contribution in [0.1, 0.15) is 18.1 Å². The Morgan fingerprint density at radius 1 is 0.929 bits per heavy atom. The lowest BCUT2D eigenvalue weighted by molar-refractivity contribution is 0.270. The van der Waals surface area contributed by atoms with E-state index in [1.165, 1.54) is 28.1 Å². The fourth-order valence-corrected chi connectivity index (χ4v) is 2.95. The number of ether oxygens (including phenoxy) is 2. The molecule has 0 amide bonds. The van der Waals surface area contributed by atoms with Crippen LogP contribution in [-0.2, 0) is 6.61 Å². The number of hydrogen-bond donors (Lipinski definition) is 0. The van der Waals surface area contributed by atoms with Crippen LogP contribution < -0.4 is 9.47 Å². The molecule has 3 aromatic carbocycles. The summed E-state index contributed by atoms with van der Waals surface area (Å²) in [5.41, 5.74) is 2.04. The minimum absolute atomic E-state index is 0.468. The van der Waals surface area contributed by atoms with Gasteiger partial charge >= 0.3 is 0 Å². The Kier molecular flexibility index (Phi) is 5.29. The molecule has 0 radical (unpaired) electrons. The molecule has 0 unspecified atom stereocenters. The smallest absolute Gasteiger partial charge is 0.161 e. The second-order valence-electron chi connectivity index (χ2n) is 6.15. The lowest BCUT2D eigenvalue weighted by Gasteiger charge is -2.13. The summed E-state index contributed by atoms with van der Waals surface area (Å²) in [5.74, 6) is 1.40. The number of rotatable bonds is 7. The van der Waals surface area contributed by atoms with E-state index in [-0.39, 0.29) is 0 Å². The van der Waals surface area contributed by atoms with Crippen molar-refractivity contribution in [2.24, 2.45) is 5.10 Å². The van der Waals surface area contributed by atoms with E-state index < -0.39 is 0 Å². The number of nitrogens with zero attached hydrogens (tertiary/aromatic N) is 4. The Morgan fingerprint density at radius 2 is 1.75 bits per heavy atom. The van der Waals surface area contributed by atoms with Crippen LogP contribution in [0.2, 0.25) is 0 Å². The van der Waals surface area contributed by atoms with Crippen LogP contribution in [0.4, 0.5) is 0 Å². The first kappa shape index (κ1) is 17.7. The van der Waals surface area contributed by atoms with Gasteiger partial charge in [0.15, 0.2) is 11.5 Å². The summed E-state index contributed by atoms with van der Waals surface area (Å²) >= 11 is 0. The van der Waals surface area contributed by atoms with E-state index in [0.29, 0.717) is 24.7 Å². The van der Waals surface area contributed by atoms with Crippen molar-refractivity contribution < 1.29 is 9.47 Å². The summed E-state index contributed by atoms with van der Waals surface area (Å²) in [6, 6.07) is 20.3. The molecule has 0 aliphatic rings. The highest BCUT2D eigenvalue weighted by Gasteiger charge is 2.08. The SMILES string of the molecule is CCOc1cc(/C=N/n2cnnc2)ccc1OCc1cccc2ccccc12. The maximum atomic E-state index is 6.09. The van der Waals surface area contributed by atoms with Crippen molar-refractivity contribution in [3.8, 4) is 11.5 Å². The molecule has 6 heteroatoms. The van der Waals surface area contributed by atoms with Crippen molar-refractivity contribution in [1.29, 1.82) is 0 Å². The Hall–Kier alpha value is -3.67. The molecule has 0 fully saturated rings. The van der Waals surface area contributed by atoms with Gasteiger partial charge in [-0.1, -0.05) is 42.5 Å². The highest BCUT2D eigenvalue weighted by atomic mass is 16.5. The van der Waals surface area contributed by atoms with Crippen molar-refractivity contribution in [3.63, 3.8) is 0 Å². The zero-order valence-electron chi connectivity index (χ0n) is 15.5. The van der Waals surface area contributed by atoms with Gasteiger partial charge in [-0.2, -0.15) is 5.10 Å². The fourth-order valence-electron chi connectivity index (χ4n) is 2.95. The van der Waals surface area contributed by atoms with Crippen LogP contribution in [0.15, 0.2) is 78.4 Å². The third-order valence-corrected chi connectivity index (χ3v) is 4.28. The van der Waals surface area contributed by atoms with E-state index in [4.69, 9.17) is 9.47 Å². The van der Waals surface area contributed by atoms with Gasteiger partial charge in [0.1, 0.15) is 19.3 Å².